The van der Waals surface area contributed by atoms with Crippen LogP contribution in [0.4, 0.5) is 10.2 Å². The van der Waals surface area contributed by atoms with E-state index in [1.165, 1.54) is 10.9 Å². The van der Waals surface area contributed by atoms with Crippen molar-refractivity contribution in [3.05, 3.63) is 52.4 Å². The fourth-order valence-corrected chi connectivity index (χ4v) is 4.41. The van der Waals surface area contributed by atoms with E-state index in [9.17, 15) is 9.18 Å². The van der Waals surface area contributed by atoms with Crippen LogP contribution in [0.25, 0.3) is 10.2 Å². The number of anilines is 1. The second-order valence-corrected chi connectivity index (χ2v) is 7.75. The molecule has 0 spiro atoms. The van der Waals surface area contributed by atoms with Crippen molar-refractivity contribution in [2.24, 2.45) is 0 Å². The first kappa shape index (κ1) is 17.9. The largest absolute Gasteiger partial charge is 0.352 e. The molecule has 1 amide bonds. The molecule has 140 valence electrons. The minimum absolute atomic E-state index is 0.136. The van der Waals surface area contributed by atoms with E-state index in [0.717, 1.165) is 28.3 Å². The molecule has 3 heterocycles. The standard InChI is InChI=1S/C20H21FN4OS/c1-3-14-12-16-18(22-13(2)23-19(16)27-14)24-8-10-25(11-9-24)20(26)15-6-4-5-7-17(15)21/h4-7,12H,3,8-11H2,1-2H3. The number of rotatable bonds is 3. The molecule has 3 aromatic rings. The number of hydrogen-bond donors (Lipinski definition) is 0. The third kappa shape index (κ3) is 3.39. The van der Waals surface area contributed by atoms with Gasteiger partial charge in [-0.15, -0.1) is 11.3 Å². The van der Waals surface area contributed by atoms with Gasteiger partial charge in [0.1, 0.15) is 22.3 Å². The van der Waals surface area contributed by atoms with Gasteiger partial charge in [0, 0.05) is 31.1 Å². The van der Waals surface area contributed by atoms with E-state index in [-0.39, 0.29) is 11.5 Å². The third-order valence-electron chi connectivity index (χ3n) is 4.85. The zero-order chi connectivity index (χ0) is 19.0. The molecular formula is C20H21FN4OS. The smallest absolute Gasteiger partial charge is 0.256 e. The molecule has 4 rings (SSSR count). The maximum absolute atomic E-state index is 13.9. The summed E-state index contributed by atoms with van der Waals surface area (Å²) in [6.45, 7) is 6.47. The lowest BCUT2D eigenvalue weighted by molar-refractivity contribution is 0.0742. The molecule has 0 atom stereocenters. The number of nitrogens with zero attached hydrogens (tertiary/aromatic N) is 4. The molecular weight excluding hydrogens is 363 g/mol. The maximum Gasteiger partial charge on any atom is 0.256 e. The van der Waals surface area contributed by atoms with Crippen molar-refractivity contribution in [3.8, 4) is 0 Å². The molecule has 7 heteroatoms. The molecule has 1 fully saturated rings. The predicted octanol–water partition coefficient (Wildman–Crippen LogP) is 3.66. The third-order valence-corrected chi connectivity index (χ3v) is 6.03. The van der Waals surface area contributed by atoms with Crippen molar-refractivity contribution < 1.29 is 9.18 Å². The highest BCUT2D eigenvalue weighted by atomic mass is 32.1. The van der Waals surface area contributed by atoms with Crippen LogP contribution in [0.5, 0.6) is 0 Å². The number of carbonyl (C=O) groups excluding carboxylic acids is 1. The second kappa shape index (κ2) is 7.23. The van der Waals surface area contributed by atoms with Crippen molar-refractivity contribution in [2.45, 2.75) is 20.3 Å². The van der Waals surface area contributed by atoms with Crippen molar-refractivity contribution in [2.75, 3.05) is 31.1 Å². The van der Waals surface area contributed by atoms with Gasteiger partial charge in [0.15, 0.2) is 0 Å². The molecule has 0 radical (unpaired) electrons. The number of fused-ring (bicyclic) bond motifs is 1. The number of halogens is 1. The van der Waals surface area contributed by atoms with E-state index in [4.69, 9.17) is 0 Å². The summed E-state index contributed by atoms with van der Waals surface area (Å²) in [5, 5.41) is 1.08. The maximum atomic E-state index is 13.9. The average Bonchev–Trinajstić information content (AvgIpc) is 3.10. The van der Waals surface area contributed by atoms with Crippen LogP contribution in [0.15, 0.2) is 30.3 Å². The van der Waals surface area contributed by atoms with Crippen LogP contribution in [0, 0.1) is 12.7 Å². The second-order valence-electron chi connectivity index (χ2n) is 6.64. The van der Waals surface area contributed by atoms with Crippen molar-refractivity contribution >= 4 is 33.3 Å². The van der Waals surface area contributed by atoms with Crippen molar-refractivity contribution in [1.82, 2.24) is 14.9 Å². The Morgan fingerprint density at radius 2 is 1.93 bits per heavy atom. The molecule has 1 aliphatic rings. The molecule has 0 aliphatic carbocycles. The van der Waals surface area contributed by atoms with Crippen LogP contribution >= 0.6 is 11.3 Å². The molecule has 0 bridgehead atoms. The predicted molar refractivity (Wildman–Crippen MR) is 106 cm³/mol. The topological polar surface area (TPSA) is 49.3 Å². The van der Waals surface area contributed by atoms with E-state index in [1.54, 1.807) is 34.4 Å². The van der Waals surface area contributed by atoms with Gasteiger partial charge >= 0.3 is 0 Å². The summed E-state index contributed by atoms with van der Waals surface area (Å²) in [4.78, 5) is 28.1. The van der Waals surface area contributed by atoms with E-state index in [0.29, 0.717) is 26.2 Å². The van der Waals surface area contributed by atoms with Crippen LogP contribution in [0.1, 0.15) is 28.0 Å². The highest BCUT2D eigenvalue weighted by Crippen LogP contribution is 2.32. The van der Waals surface area contributed by atoms with Gasteiger partial charge in [0.2, 0.25) is 0 Å². The number of aromatic nitrogens is 2. The van der Waals surface area contributed by atoms with E-state index in [2.05, 4.69) is 27.9 Å². The van der Waals surface area contributed by atoms with Gasteiger partial charge < -0.3 is 9.80 Å². The number of amides is 1. The van der Waals surface area contributed by atoms with Gasteiger partial charge in [-0.3, -0.25) is 4.79 Å². The fraction of sp³-hybridized carbons (Fsp3) is 0.350. The SMILES string of the molecule is CCc1cc2c(N3CCN(C(=O)c4ccccc4F)CC3)nc(C)nc2s1. The first-order chi connectivity index (χ1) is 13.1. The van der Waals surface area contributed by atoms with Gasteiger partial charge in [-0.05, 0) is 31.5 Å². The number of hydrogen-bond acceptors (Lipinski definition) is 5. The number of aryl methyl sites for hydroxylation is 2. The molecule has 1 aliphatic heterocycles. The summed E-state index contributed by atoms with van der Waals surface area (Å²) >= 11 is 1.71. The van der Waals surface area contributed by atoms with Gasteiger partial charge in [-0.25, -0.2) is 14.4 Å². The highest BCUT2D eigenvalue weighted by molar-refractivity contribution is 7.18. The molecule has 2 aromatic heterocycles. The highest BCUT2D eigenvalue weighted by Gasteiger charge is 2.26. The zero-order valence-corrected chi connectivity index (χ0v) is 16.2. The van der Waals surface area contributed by atoms with Crippen molar-refractivity contribution in [3.63, 3.8) is 0 Å². The first-order valence-corrected chi connectivity index (χ1v) is 9.94. The van der Waals surface area contributed by atoms with Crippen LogP contribution < -0.4 is 4.90 Å². The van der Waals surface area contributed by atoms with Crippen LogP contribution in [-0.2, 0) is 6.42 Å². The summed E-state index contributed by atoms with van der Waals surface area (Å²) in [5.41, 5.74) is 0.136. The quantitative estimate of drug-likeness (QED) is 0.691. The zero-order valence-electron chi connectivity index (χ0n) is 15.4. The molecule has 0 saturated carbocycles. The van der Waals surface area contributed by atoms with E-state index >= 15 is 0 Å². The van der Waals surface area contributed by atoms with E-state index < -0.39 is 5.82 Å². The lowest BCUT2D eigenvalue weighted by atomic mass is 10.1. The van der Waals surface area contributed by atoms with Crippen LogP contribution in [0.3, 0.4) is 0 Å². The summed E-state index contributed by atoms with van der Waals surface area (Å²) in [6.07, 6.45) is 0.977. The monoisotopic (exact) mass is 384 g/mol. The minimum atomic E-state index is -0.469. The molecule has 1 aromatic carbocycles. The molecule has 1 saturated heterocycles. The Kier molecular flexibility index (Phi) is 4.78. The van der Waals surface area contributed by atoms with Crippen molar-refractivity contribution in [1.29, 1.82) is 0 Å². The fourth-order valence-electron chi connectivity index (χ4n) is 3.40. The Balaban J connectivity index is 1.54. The first-order valence-electron chi connectivity index (χ1n) is 9.12. The lowest BCUT2D eigenvalue weighted by Gasteiger charge is -2.35. The van der Waals surface area contributed by atoms with Gasteiger partial charge in [0.05, 0.1) is 10.9 Å². The summed E-state index contributed by atoms with van der Waals surface area (Å²) < 4.78 is 13.9. The number of piperazine rings is 1. The van der Waals surface area contributed by atoms with E-state index in [1.807, 2.05) is 6.92 Å². The lowest BCUT2D eigenvalue weighted by Crippen LogP contribution is -2.49. The normalized spacial score (nSPS) is 14.8. The number of carbonyl (C=O) groups is 1. The van der Waals surface area contributed by atoms with Gasteiger partial charge in [0.25, 0.3) is 5.91 Å². The average molecular weight is 384 g/mol. The molecule has 0 N–H and O–H groups in total. The van der Waals surface area contributed by atoms with Crippen LogP contribution in [-0.4, -0.2) is 47.0 Å². The van der Waals surface area contributed by atoms with Gasteiger partial charge in [-0.1, -0.05) is 19.1 Å². The molecule has 5 nitrogen and oxygen atoms in total. The number of thiophene rings is 1. The van der Waals surface area contributed by atoms with Crippen LogP contribution in [0.2, 0.25) is 0 Å². The Labute approximate surface area is 161 Å². The Bertz CT molecular complexity index is 995. The Hall–Kier alpha value is -2.54. The summed E-state index contributed by atoms with van der Waals surface area (Å²) in [5.74, 6) is 0.974. The molecule has 27 heavy (non-hydrogen) atoms. The van der Waals surface area contributed by atoms with Gasteiger partial charge in [-0.2, -0.15) is 0 Å². The summed E-state index contributed by atoms with van der Waals surface area (Å²) in [6, 6.07) is 8.32. The Morgan fingerprint density at radius 1 is 1.19 bits per heavy atom. The Morgan fingerprint density at radius 3 is 2.63 bits per heavy atom. The summed E-state index contributed by atoms with van der Waals surface area (Å²) in [7, 11) is 0. The number of benzene rings is 1. The minimum Gasteiger partial charge on any atom is -0.352 e. The molecule has 0 unspecified atom stereocenters.